The molecule has 0 saturated carbocycles. The van der Waals surface area contributed by atoms with Crippen LogP contribution in [0.5, 0.6) is 0 Å². The normalized spacial score (nSPS) is 17.2. The minimum Gasteiger partial charge on any atom is -0.501 e. The van der Waals surface area contributed by atoms with Crippen molar-refractivity contribution < 1.29 is 9.13 Å². The first kappa shape index (κ1) is 12.4. The van der Waals surface area contributed by atoms with E-state index >= 15 is 0 Å². The molecule has 1 heterocycles. The summed E-state index contributed by atoms with van der Waals surface area (Å²) < 4.78 is 19.1. The Morgan fingerprint density at radius 1 is 1.47 bits per heavy atom. The lowest BCUT2D eigenvalue weighted by molar-refractivity contribution is 0.219. The van der Waals surface area contributed by atoms with Gasteiger partial charge in [0.25, 0.3) is 0 Å². The Kier molecular flexibility index (Phi) is 4.02. The van der Waals surface area contributed by atoms with Crippen LogP contribution in [0.25, 0.3) is 0 Å². The summed E-state index contributed by atoms with van der Waals surface area (Å²) in [6.07, 6.45) is 3.57. The Hall–Kier alpha value is -1.06. The average molecular weight is 256 g/mol. The Balaban J connectivity index is 2.38. The highest BCUT2D eigenvalue weighted by molar-refractivity contribution is 6.31. The van der Waals surface area contributed by atoms with Crippen molar-refractivity contribution in [2.75, 3.05) is 13.7 Å². The lowest BCUT2D eigenvalue weighted by Crippen LogP contribution is -2.22. The van der Waals surface area contributed by atoms with Crippen molar-refractivity contribution >= 4 is 11.6 Å². The van der Waals surface area contributed by atoms with Crippen LogP contribution in [0.2, 0.25) is 5.02 Å². The third-order valence-corrected chi connectivity index (χ3v) is 3.24. The van der Waals surface area contributed by atoms with E-state index < -0.39 is 0 Å². The molecule has 1 N–H and O–H groups in total. The number of benzene rings is 1. The molecule has 0 saturated heterocycles. The summed E-state index contributed by atoms with van der Waals surface area (Å²) in [5.41, 5.74) is 1.53. The largest absolute Gasteiger partial charge is 0.501 e. The number of halogens is 2. The lowest BCUT2D eigenvalue weighted by atomic mass is 9.95. The second-order valence-electron chi connectivity index (χ2n) is 4.02. The van der Waals surface area contributed by atoms with Gasteiger partial charge in [0.05, 0.1) is 18.9 Å². The average Bonchev–Trinajstić information content (AvgIpc) is 2.35. The van der Waals surface area contributed by atoms with Crippen molar-refractivity contribution in [1.82, 2.24) is 5.32 Å². The molecule has 4 heteroatoms. The van der Waals surface area contributed by atoms with Gasteiger partial charge in [-0.25, -0.2) is 4.39 Å². The number of hydrogen-bond donors (Lipinski definition) is 1. The molecule has 1 atom stereocenters. The molecule has 0 bridgehead atoms. The molecule has 0 radical (unpaired) electrons. The Morgan fingerprint density at radius 2 is 2.29 bits per heavy atom. The van der Waals surface area contributed by atoms with Crippen LogP contribution in [-0.4, -0.2) is 13.7 Å². The van der Waals surface area contributed by atoms with Gasteiger partial charge in [-0.3, -0.25) is 0 Å². The molecule has 2 nitrogen and oxygen atoms in total. The molecule has 1 aromatic carbocycles. The van der Waals surface area contributed by atoms with Crippen molar-refractivity contribution in [3.05, 3.63) is 46.4 Å². The van der Waals surface area contributed by atoms with Gasteiger partial charge in [0.2, 0.25) is 0 Å². The van der Waals surface area contributed by atoms with Crippen LogP contribution in [-0.2, 0) is 4.74 Å². The van der Waals surface area contributed by atoms with E-state index in [1.807, 2.05) is 0 Å². The fourth-order valence-corrected chi connectivity index (χ4v) is 2.37. The third-order valence-electron chi connectivity index (χ3n) is 2.91. The third kappa shape index (κ3) is 2.61. The second-order valence-corrected chi connectivity index (χ2v) is 4.43. The molecule has 0 amide bonds. The predicted molar refractivity (Wildman–Crippen MR) is 66.5 cm³/mol. The summed E-state index contributed by atoms with van der Waals surface area (Å²) in [6.45, 7) is 0.727. The summed E-state index contributed by atoms with van der Waals surface area (Å²) in [7, 11) is 1.79. The van der Waals surface area contributed by atoms with E-state index in [1.165, 1.54) is 6.07 Å². The SMILES string of the molecule is CNC(C1=COCCC1)c1c(F)cccc1Cl. The van der Waals surface area contributed by atoms with E-state index in [0.717, 1.165) is 25.0 Å². The summed E-state index contributed by atoms with van der Waals surface area (Å²) >= 11 is 6.07. The molecule has 0 fully saturated rings. The number of rotatable bonds is 3. The van der Waals surface area contributed by atoms with Crippen LogP contribution >= 0.6 is 11.6 Å². The van der Waals surface area contributed by atoms with Crippen LogP contribution in [0.3, 0.4) is 0 Å². The highest BCUT2D eigenvalue weighted by Crippen LogP contribution is 2.33. The van der Waals surface area contributed by atoms with Crippen LogP contribution in [0.15, 0.2) is 30.0 Å². The number of hydrogen-bond acceptors (Lipinski definition) is 2. The van der Waals surface area contributed by atoms with Crippen molar-refractivity contribution in [2.45, 2.75) is 18.9 Å². The zero-order valence-electron chi connectivity index (χ0n) is 9.67. The summed E-state index contributed by atoms with van der Waals surface area (Å²) in [4.78, 5) is 0. The van der Waals surface area contributed by atoms with E-state index in [4.69, 9.17) is 16.3 Å². The molecule has 0 spiro atoms. The number of likely N-dealkylation sites (N-methyl/N-ethyl adjacent to an activating group) is 1. The topological polar surface area (TPSA) is 21.3 Å². The predicted octanol–water partition coefficient (Wildman–Crippen LogP) is 3.43. The second kappa shape index (κ2) is 5.52. The van der Waals surface area contributed by atoms with Crippen LogP contribution in [0.1, 0.15) is 24.4 Å². The molecule has 1 aliphatic rings. The smallest absolute Gasteiger partial charge is 0.129 e. The van der Waals surface area contributed by atoms with E-state index in [-0.39, 0.29) is 11.9 Å². The molecule has 0 aliphatic carbocycles. The Morgan fingerprint density at radius 3 is 2.88 bits per heavy atom. The Bertz CT molecular complexity index is 413. The van der Waals surface area contributed by atoms with Gasteiger partial charge in [-0.05, 0) is 37.6 Å². The molecule has 0 aromatic heterocycles. The zero-order chi connectivity index (χ0) is 12.3. The minimum atomic E-state index is -0.289. The molecule has 2 rings (SSSR count). The van der Waals surface area contributed by atoms with Gasteiger partial charge in [0.1, 0.15) is 5.82 Å². The van der Waals surface area contributed by atoms with Gasteiger partial charge in [-0.1, -0.05) is 17.7 Å². The maximum Gasteiger partial charge on any atom is 0.129 e. The first-order valence-corrected chi connectivity index (χ1v) is 6.03. The van der Waals surface area contributed by atoms with Crippen LogP contribution < -0.4 is 5.32 Å². The van der Waals surface area contributed by atoms with Crippen molar-refractivity contribution in [1.29, 1.82) is 0 Å². The molecular formula is C13H15ClFNO. The summed E-state index contributed by atoms with van der Waals surface area (Å²) in [6, 6.07) is 4.52. The van der Waals surface area contributed by atoms with Crippen LogP contribution in [0, 0.1) is 5.82 Å². The van der Waals surface area contributed by atoms with Crippen LogP contribution in [0.4, 0.5) is 4.39 Å². The van der Waals surface area contributed by atoms with E-state index in [1.54, 1.807) is 25.4 Å². The van der Waals surface area contributed by atoms with Gasteiger partial charge in [0.15, 0.2) is 0 Å². The van der Waals surface area contributed by atoms with E-state index in [0.29, 0.717) is 10.6 Å². The van der Waals surface area contributed by atoms with Crippen molar-refractivity contribution in [2.24, 2.45) is 0 Å². The summed E-state index contributed by atoms with van der Waals surface area (Å²) in [5, 5.41) is 3.54. The van der Waals surface area contributed by atoms with Gasteiger partial charge in [-0.15, -0.1) is 0 Å². The van der Waals surface area contributed by atoms with Gasteiger partial charge in [-0.2, -0.15) is 0 Å². The van der Waals surface area contributed by atoms with Gasteiger partial charge < -0.3 is 10.1 Å². The highest BCUT2D eigenvalue weighted by atomic mass is 35.5. The molecule has 92 valence electrons. The van der Waals surface area contributed by atoms with E-state index in [9.17, 15) is 4.39 Å². The van der Waals surface area contributed by atoms with E-state index in [2.05, 4.69) is 5.32 Å². The first-order valence-electron chi connectivity index (χ1n) is 5.65. The fourth-order valence-electron chi connectivity index (χ4n) is 2.10. The lowest BCUT2D eigenvalue weighted by Gasteiger charge is -2.24. The highest BCUT2D eigenvalue weighted by Gasteiger charge is 2.22. The Labute approximate surface area is 105 Å². The minimum absolute atomic E-state index is 0.219. The molecule has 1 aromatic rings. The zero-order valence-corrected chi connectivity index (χ0v) is 10.4. The summed E-state index contributed by atoms with van der Waals surface area (Å²) in [5.74, 6) is -0.289. The quantitative estimate of drug-likeness (QED) is 0.894. The van der Waals surface area contributed by atoms with Gasteiger partial charge >= 0.3 is 0 Å². The molecule has 1 unspecified atom stereocenters. The fraction of sp³-hybridized carbons (Fsp3) is 0.385. The van der Waals surface area contributed by atoms with Crippen molar-refractivity contribution in [3.63, 3.8) is 0 Å². The maximum atomic E-state index is 13.9. The number of ether oxygens (including phenoxy) is 1. The molecule has 17 heavy (non-hydrogen) atoms. The molecule has 1 aliphatic heterocycles. The standard InChI is InChI=1S/C13H15ClFNO/c1-16-13(9-4-3-7-17-8-9)12-10(14)5-2-6-11(12)15/h2,5-6,8,13,16H,3-4,7H2,1H3. The monoisotopic (exact) mass is 255 g/mol. The number of nitrogens with one attached hydrogen (secondary N) is 1. The van der Waals surface area contributed by atoms with Crippen molar-refractivity contribution in [3.8, 4) is 0 Å². The van der Waals surface area contributed by atoms with Gasteiger partial charge in [0, 0.05) is 10.6 Å². The maximum absolute atomic E-state index is 13.9. The first-order chi connectivity index (χ1) is 8.24. The molecular weight excluding hydrogens is 241 g/mol.